The molecule has 0 heterocycles. The van der Waals surface area contributed by atoms with E-state index in [0.29, 0.717) is 17.2 Å². The van der Waals surface area contributed by atoms with Crippen LogP contribution in [0.5, 0.6) is 17.2 Å². The third kappa shape index (κ3) is 4.82. The van der Waals surface area contributed by atoms with Crippen molar-refractivity contribution in [1.29, 1.82) is 0 Å². The average Bonchev–Trinajstić information content (AvgIpc) is 2.66. The van der Waals surface area contributed by atoms with Crippen LogP contribution in [0.3, 0.4) is 0 Å². The number of carbonyl (C=O) groups excluding carboxylic acids is 1. The van der Waals surface area contributed by atoms with E-state index in [9.17, 15) is 14.9 Å². The molecule has 27 heavy (non-hydrogen) atoms. The predicted octanol–water partition coefficient (Wildman–Crippen LogP) is 2.75. The van der Waals surface area contributed by atoms with E-state index in [2.05, 4.69) is 10.6 Å². The van der Waals surface area contributed by atoms with Gasteiger partial charge in [-0.2, -0.15) is 0 Å². The number of rotatable bonds is 6. The molecule has 0 fully saturated rings. The van der Waals surface area contributed by atoms with Gasteiger partial charge in [0.2, 0.25) is 0 Å². The van der Waals surface area contributed by atoms with Gasteiger partial charge in [0.05, 0.1) is 37.5 Å². The van der Waals surface area contributed by atoms with Crippen molar-refractivity contribution >= 4 is 34.6 Å². The van der Waals surface area contributed by atoms with Crippen LogP contribution in [0, 0.1) is 10.1 Å². The van der Waals surface area contributed by atoms with Crippen molar-refractivity contribution in [3.63, 3.8) is 0 Å². The van der Waals surface area contributed by atoms with E-state index < -0.39 is 10.8 Å². The summed E-state index contributed by atoms with van der Waals surface area (Å²) in [7, 11) is 4.34. The van der Waals surface area contributed by atoms with E-state index in [1.54, 1.807) is 12.1 Å². The fourth-order valence-corrected chi connectivity index (χ4v) is 2.42. The first-order chi connectivity index (χ1) is 12.9. The van der Waals surface area contributed by atoms with Crippen LogP contribution in [0.25, 0.3) is 0 Å². The standard InChI is InChI=1S/C17H17N3O6S/c1-24-11-5-6-12(15(9-11)26-3)16(21)19-17(27)18-13-8-10(20(22)23)4-7-14(13)25-2/h4-9H,1-3H3,(H2,18,19,21,27). The van der Waals surface area contributed by atoms with Gasteiger partial charge in [0.1, 0.15) is 17.2 Å². The molecule has 142 valence electrons. The number of benzene rings is 2. The zero-order valence-electron chi connectivity index (χ0n) is 14.8. The molecule has 0 saturated carbocycles. The molecule has 0 spiro atoms. The quantitative estimate of drug-likeness (QED) is 0.439. The molecule has 1 amide bonds. The van der Waals surface area contributed by atoms with Crippen LogP contribution in [-0.4, -0.2) is 37.3 Å². The van der Waals surface area contributed by atoms with E-state index >= 15 is 0 Å². The summed E-state index contributed by atoms with van der Waals surface area (Å²) in [5.41, 5.74) is 0.344. The van der Waals surface area contributed by atoms with Gasteiger partial charge in [0.25, 0.3) is 11.6 Å². The van der Waals surface area contributed by atoms with Crippen LogP contribution >= 0.6 is 12.2 Å². The highest BCUT2D eigenvalue weighted by atomic mass is 32.1. The van der Waals surface area contributed by atoms with Crippen molar-refractivity contribution in [2.24, 2.45) is 0 Å². The molecule has 0 aliphatic rings. The van der Waals surface area contributed by atoms with Gasteiger partial charge in [0, 0.05) is 18.2 Å². The zero-order chi connectivity index (χ0) is 20.0. The number of hydrogen-bond donors (Lipinski definition) is 2. The molecule has 9 nitrogen and oxygen atoms in total. The minimum absolute atomic E-state index is 0.0586. The lowest BCUT2D eigenvalue weighted by Gasteiger charge is -2.14. The number of anilines is 1. The molecule has 10 heteroatoms. The Morgan fingerprint density at radius 2 is 1.74 bits per heavy atom. The fourth-order valence-electron chi connectivity index (χ4n) is 2.22. The van der Waals surface area contributed by atoms with Crippen LogP contribution in [0.15, 0.2) is 36.4 Å². The SMILES string of the molecule is COc1ccc(C(=O)NC(=S)Nc2cc([N+](=O)[O-])ccc2OC)c(OC)c1. The highest BCUT2D eigenvalue weighted by Gasteiger charge is 2.17. The zero-order valence-corrected chi connectivity index (χ0v) is 15.6. The summed E-state index contributed by atoms with van der Waals surface area (Å²) in [6, 6.07) is 8.69. The minimum atomic E-state index is -0.547. The maximum atomic E-state index is 12.5. The summed E-state index contributed by atoms with van der Waals surface area (Å²) in [5, 5.41) is 16.1. The molecule has 0 aliphatic heterocycles. The second kappa shape index (κ2) is 8.81. The normalized spacial score (nSPS) is 9.89. The lowest BCUT2D eigenvalue weighted by atomic mass is 10.2. The first-order valence-corrected chi connectivity index (χ1v) is 7.97. The highest BCUT2D eigenvalue weighted by molar-refractivity contribution is 7.80. The van der Waals surface area contributed by atoms with E-state index in [1.807, 2.05) is 0 Å². The molecule has 2 N–H and O–H groups in total. The highest BCUT2D eigenvalue weighted by Crippen LogP contribution is 2.29. The van der Waals surface area contributed by atoms with Gasteiger partial charge in [-0.1, -0.05) is 0 Å². The minimum Gasteiger partial charge on any atom is -0.497 e. The third-order valence-electron chi connectivity index (χ3n) is 3.52. The molecule has 0 aliphatic carbocycles. The Kier molecular flexibility index (Phi) is 6.50. The first-order valence-electron chi connectivity index (χ1n) is 7.56. The Hall–Kier alpha value is -3.40. The van der Waals surface area contributed by atoms with E-state index in [-0.39, 0.29) is 22.1 Å². The van der Waals surface area contributed by atoms with Crippen molar-refractivity contribution in [2.45, 2.75) is 0 Å². The summed E-state index contributed by atoms with van der Waals surface area (Å²) in [6.45, 7) is 0. The maximum absolute atomic E-state index is 12.5. The number of nitro benzene ring substituents is 1. The molecule has 0 saturated heterocycles. The topological polar surface area (TPSA) is 112 Å². The van der Waals surface area contributed by atoms with Gasteiger partial charge < -0.3 is 19.5 Å². The van der Waals surface area contributed by atoms with E-state index in [4.69, 9.17) is 26.4 Å². The van der Waals surface area contributed by atoms with E-state index in [1.165, 1.54) is 45.6 Å². The Balaban J connectivity index is 2.17. The van der Waals surface area contributed by atoms with Crippen molar-refractivity contribution in [3.8, 4) is 17.2 Å². The third-order valence-corrected chi connectivity index (χ3v) is 3.73. The van der Waals surface area contributed by atoms with Gasteiger partial charge in [-0.25, -0.2) is 0 Å². The van der Waals surface area contributed by atoms with Crippen LogP contribution < -0.4 is 24.8 Å². The van der Waals surface area contributed by atoms with Crippen LogP contribution in [0.1, 0.15) is 10.4 Å². The molecule has 2 aromatic carbocycles. The van der Waals surface area contributed by atoms with Gasteiger partial charge in [0.15, 0.2) is 5.11 Å². The smallest absolute Gasteiger partial charge is 0.271 e. The lowest BCUT2D eigenvalue weighted by Crippen LogP contribution is -2.34. The Morgan fingerprint density at radius 3 is 2.33 bits per heavy atom. The summed E-state index contributed by atoms with van der Waals surface area (Å²) in [6.07, 6.45) is 0. The fraction of sp³-hybridized carbons (Fsp3) is 0.176. The summed E-state index contributed by atoms with van der Waals surface area (Å²) >= 11 is 5.12. The number of amides is 1. The van der Waals surface area contributed by atoms with Gasteiger partial charge >= 0.3 is 0 Å². The molecule has 0 aromatic heterocycles. The summed E-state index contributed by atoms with van der Waals surface area (Å²) in [5.74, 6) is 0.656. The van der Waals surface area contributed by atoms with Gasteiger partial charge in [-0.3, -0.25) is 20.2 Å². The Morgan fingerprint density at radius 1 is 1.04 bits per heavy atom. The molecule has 2 rings (SSSR count). The molecule has 2 aromatic rings. The number of non-ortho nitro benzene ring substituents is 1. The van der Waals surface area contributed by atoms with Crippen LogP contribution in [-0.2, 0) is 0 Å². The number of methoxy groups -OCH3 is 3. The molecule has 0 bridgehead atoms. The van der Waals surface area contributed by atoms with E-state index in [0.717, 1.165) is 0 Å². The van der Waals surface area contributed by atoms with Crippen molar-refractivity contribution in [3.05, 3.63) is 52.1 Å². The number of carbonyl (C=O) groups is 1. The summed E-state index contributed by atoms with van der Waals surface area (Å²) in [4.78, 5) is 22.8. The van der Waals surface area contributed by atoms with Gasteiger partial charge in [-0.05, 0) is 30.4 Å². The summed E-state index contributed by atoms with van der Waals surface area (Å²) < 4.78 is 15.4. The monoisotopic (exact) mass is 391 g/mol. The maximum Gasteiger partial charge on any atom is 0.271 e. The second-order valence-electron chi connectivity index (χ2n) is 5.12. The first kappa shape index (κ1) is 19.9. The molecular weight excluding hydrogens is 374 g/mol. The number of ether oxygens (including phenoxy) is 3. The second-order valence-corrected chi connectivity index (χ2v) is 5.52. The number of nitrogens with one attached hydrogen (secondary N) is 2. The van der Waals surface area contributed by atoms with Crippen molar-refractivity contribution < 1.29 is 23.9 Å². The van der Waals surface area contributed by atoms with Crippen LogP contribution in [0.4, 0.5) is 11.4 Å². The lowest BCUT2D eigenvalue weighted by molar-refractivity contribution is -0.384. The number of nitro groups is 1. The van der Waals surface area contributed by atoms with Gasteiger partial charge in [-0.15, -0.1) is 0 Å². The number of thiocarbonyl (C=S) groups is 1. The Bertz CT molecular complexity index is 887. The number of nitrogens with zero attached hydrogens (tertiary/aromatic N) is 1. The van der Waals surface area contributed by atoms with Crippen LogP contribution in [0.2, 0.25) is 0 Å². The van der Waals surface area contributed by atoms with Crippen molar-refractivity contribution in [2.75, 3.05) is 26.6 Å². The molecular formula is C17H17N3O6S. The average molecular weight is 391 g/mol. The molecule has 0 unspecified atom stereocenters. The predicted molar refractivity (Wildman–Crippen MR) is 103 cm³/mol. The number of hydrogen-bond acceptors (Lipinski definition) is 7. The largest absolute Gasteiger partial charge is 0.497 e. The molecule has 0 atom stereocenters. The Labute approximate surface area is 160 Å². The van der Waals surface area contributed by atoms with Crippen molar-refractivity contribution in [1.82, 2.24) is 5.32 Å². The molecule has 0 radical (unpaired) electrons.